The standard InChI is InChI=1S/C28H20F9N5/c29-26(30,31)20-12-17(13-21(14-20)27(32,33)34)15-42-24(18-6-2-1-3-7-18)23(39-40-42)25-38-10-11-41(25)16-19-8-4-5-9-22(19)28(35,36)37/h1-9,12-14H,10-11,15-16H2. The van der Waals surface area contributed by atoms with Crippen molar-refractivity contribution in [3.8, 4) is 11.3 Å². The first-order valence-corrected chi connectivity index (χ1v) is 12.4. The van der Waals surface area contributed by atoms with E-state index in [0.717, 1.165) is 10.7 Å². The number of aromatic nitrogens is 3. The van der Waals surface area contributed by atoms with Crippen LogP contribution in [0.1, 0.15) is 33.5 Å². The molecule has 0 aliphatic carbocycles. The summed E-state index contributed by atoms with van der Waals surface area (Å²) in [5, 5.41) is 8.18. The first-order valence-electron chi connectivity index (χ1n) is 12.4. The van der Waals surface area contributed by atoms with Gasteiger partial charge >= 0.3 is 18.5 Å². The van der Waals surface area contributed by atoms with Gasteiger partial charge in [0.2, 0.25) is 0 Å². The van der Waals surface area contributed by atoms with E-state index in [2.05, 4.69) is 15.3 Å². The predicted molar refractivity (Wildman–Crippen MR) is 134 cm³/mol. The highest BCUT2D eigenvalue weighted by atomic mass is 19.4. The number of alkyl halides is 9. The molecule has 1 aliphatic heterocycles. The van der Waals surface area contributed by atoms with E-state index < -0.39 is 41.8 Å². The Morgan fingerprint density at radius 1 is 0.690 bits per heavy atom. The first-order chi connectivity index (χ1) is 19.7. The van der Waals surface area contributed by atoms with Crippen LogP contribution in [-0.2, 0) is 31.6 Å². The second kappa shape index (κ2) is 10.8. The maximum atomic E-state index is 13.6. The zero-order valence-corrected chi connectivity index (χ0v) is 21.4. The molecule has 2 heterocycles. The quantitative estimate of drug-likeness (QED) is 0.219. The molecular formula is C28H20F9N5. The largest absolute Gasteiger partial charge is 0.416 e. The average molecular weight is 597 g/mol. The highest BCUT2D eigenvalue weighted by Crippen LogP contribution is 2.37. The van der Waals surface area contributed by atoms with E-state index in [-0.39, 0.29) is 54.1 Å². The van der Waals surface area contributed by atoms with Crippen molar-refractivity contribution in [1.29, 1.82) is 0 Å². The predicted octanol–water partition coefficient (Wildman–Crippen LogP) is 7.31. The number of aliphatic imine (C=N–C) groups is 1. The number of hydrogen-bond donors (Lipinski definition) is 0. The Labute approximate surface area is 232 Å². The molecule has 5 nitrogen and oxygen atoms in total. The lowest BCUT2D eigenvalue weighted by Gasteiger charge is -2.22. The maximum absolute atomic E-state index is 13.6. The smallest absolute Gasteiger partial charge is 0.349 e. The van der Waals surface area contributed by atoms with Crippen LogP contribution in [0.5, 0.6) is 0 Å². The van der Waals surface area contributed by atoms with Crippen LogP contribution in [0.15, 0.2) is 77.8 Å². The molecular weight excluding hydrogens is 577 g/mol. The highest BCUT2D eigenvalue weighted by molar-refractivity contribution is 6.02. The van der Waals surface area contributed by atoms with Gasteiger partial charge in [0.25, 0.3) is 0 Å². The molecule has 0 unspecified atom stereocenters. The molecule has 42 heavy (non-hydrogen) atoms. The molecule has 0 saturated carbocycles. The summed E-state index contributed by atoms with van der Waals surface area (Å²) in [4.78, 5) is 6.00. The summed E-state index contributed by atoms with van der Waals surface area (Å²) in [6.45, 7) is -0.190. The molecule has 4 aromatic rings. The van der Waals surface area contributed by atoms with Gasteiger partial charge in [-0.3, -0.25) is 4.99 Å². The van der Waals surface area contributed by atoms with Gasteiger partial charge in [-0.05, 0) is 35.4 Å². The number of rotatable bonds is 6. The minimum absolute atomic E-state index is 0.00287. The summed E-state index contributed by atoms with van der Waals surface area (Å²) in [5.41, 5.74) is -3.24. The van der Waals surface area contributed by atoms with E-state index in [9.17, 15) is 39.5 Å². The lowest BCUT2D eigenvalue weighted by molar-refractivity contribution is -0.143. The second-order valence-corrected chi connectivity index (χ2v) is 9.51. The Balaban J connectivity index is 1.56. The van der Waals surface area contributed by atoms with Gasteiger partial charge in [-0.25, -0.2) is 4.68 Å². The lowest BCUT2D eigenvalue weighted by atomic mass is 10.0. The second-order valence-electron chi connectivity index (χ2n) is 9.51. The molecule has 1 aliphatic rings. The molecule has 220 valence electrons. The molecule has 0 radical (unpaired) electrons. The summed E-state index contributed by atoms with van der Waals surface area (Å²) in [7, 11) is 0. The summed E-state index contributed by atoms with van der Waals surface area (Å²) in [6.07, 6.45) is -14.7. The van der Waals surface area contributed by atoms with Crippen molar-refractivity contribution in [3.63, 3.8) is 0 Å². The van der Waals surface area contributed by atoms with Crippen molar-refractivity contribution in [1.82, 2.24) is 19.9 Å². The summed E-state index contributed by atoms with van der Waals surface area (Å²) in [5.74, 6) is 0.206. The van der Waals surface area contributed by atoms with E-state index in [4.69, 9.17) is 0 Å². The SMILES string of the molecule is FC(F)(F)c1cc(Cn2nnc(C3=NCCN3Cc3ccccc3C(F)(F)F)c2-c2ccccc2)cc(C(F)(F)F)c1. The Morgan fingerprint density at radius 3 is 1.93 bits per heavy atom. The monoisotopic (exact) mass is 597 g/mol. The number of benzene rings is 3. The van der Waals surface area contributed by atoms with Gasteiger partial charge in [0.15, 0.2) is 11.5 Å². The zero-order chi connectivity index (χ0) is 30.3. The van der Waals surface area contributed by atoms with E-state index in [0.29, 0.717) is 17.7 Å². The number of hydrogen-bond acceptors (Lipinski definition) is 4. The maximum Gasteiger partial charge on any atom is 0.416 e. The molecule has 0 fully saturated rings. The van der Waals surface area contributed by atoms with Gasteiger partial charge in [-0.1, -0.05) is 53.7 Å². The molecule has 0 N–H and O–H groups in total. The Morgan fingerprint density at radius 2 is 1.31 bits per heavy atom. The van der Waals surface area contributed by atoms with Gasteiger partial charge < -0.3 is 4.90 Å². The van der Waals surface area contributed by atoms with Crippen molar-refractivity contribution >= 4 is 5.84 Å². The van der Waals surface area contributed by atoms with Crippen molar-refractivity contribution in [2.75, 3.05) is 13.1 Å². The van der Waals surface area contributed by atoms with Crippen molar-refractivity contribution in [2.24, 2.45) is 4.99 Å². The van der Waals surface area contributed by atoms with Crippen LogP contribution in [-0.4, -0.2) is 38.8 Å². The van der Waals surface area contributed by atoms with Crippen LogP contribution >= 0.6 is 0 Å². The van der Waals surface area contributed by atoms with Gasteiger partial charge in [0.1, 0.15) is 5.69 Å². The summed E-state index contributed by atoms with van der Waals surface area (Å²) >= 11 is 0. The topological polar surface area (TPSA) is 46.3 Å². The van der Waals surface area contributed by atoms with E-state index in [1.807, 2.05) is 0 Å². The molecule has 5 rings (SSSR count). The number of amidine groups is 1. The molecule has 1 aromatic heterocycles. The third-order valence-electron chi connectivity index (χ3n) is 6.59. The van der Waals surface area contributed by atoms with Crippen LogP contribution in [0.3, 0.4) is 0 Å². The Hall–Kier alpha value is -4.36. The summed E-state index contributed by atoms with van der Waals surface area (Å²) in [6, 6.07) is 14.7. The molecule has 0 spiro atoms. The number of halogens is 9. The molecule has 0 amide bonds. The van der Waals surface area contributed by atoms with Crippen molar-refractivity contribution in [3.05, 3.63) is 106 Å². The van der Waals surface area contributed by atoms with Gasteiger partial charge in [0.05, 0.1) is 29.8 Å². The molecule has 0 bridgehead atoms. The van der Waals surface area contributed by atoms with Crippen LogP contribution in [0.2, 0.25) is 0 Å². The van der Waals surface area contributed by atoms with Crippen molar-refractivity contribution in [2.45, 2.75) is 31.6 Å². The molecule has 3 aromatic carbocycles. The summed E-state index contributed by atoms with van der Waals surface area (Å²) < 4.78 is 123. The normalized spacial score (nSPS) is 14.4. The van der Waals surface area contributed by atoms with Crippen LogP contribution in [0, 0.1) is 0 Å². The zero-order valence-electron chi connectivity index (χ0n) is 21.4. The van der Waals surface area contributed by atoms with Crippen molar-refractivity contribution < 1.29 is 39.5 Å². The molecule has 0 saturated heterocycles. The Bertz CT molecular complexity index is 1570. The van der Waals surface area contributed by atoms with E-state index >= 15 is 0 Å². The minimum Gasteiger partial charge on any atom is -0.349 e. The highest BCUT2D eigenvalue weighted by Gasteiger charge is 2.38. The third-order valence-corrected chi connectivity index (χ3v) is 6.59. The van der Waals surface area contributed by atoms with Crippen LogP contribution in [0.4, 0.5) is 39.5 Å². The van der Waals surface area contributed by atoms with Gasteiger partial charge in [0, 0.05) is 18.7 Å². The molecule has 0 atom stereocenters. The van der Waals surface area contributed by atoms with E-state index in [1.165, 1.54) is 18.2 Å². The number of nitrogens with zero attached hydrogens (tertiary/aromatic N) is 5. The third kappa shape index (κ3) is 6.11. The van der Waals surface area contributed by atoms with Crippen LogP contribution in [0.25, 0.3) is 11.3 Å². The Kier molecular flexibility index (Phi) is 7.50. The minimum atomic E-state index is -5.03. The first kappa shape index (κ1) is 29.1. The van der Waals surface area contributed by atoms with Gasteiger partial charge in [-0.2, -0.15) is 39.5 Å². The fraction of sp³-hybridized carbons (Fsp3) is 0.250. The fourth-order valence-corrected chi connectivity index (χ4v) is 4.74. The lowest BCUT2D eigenvalue weighted by Crippen LogP contribution is -2.30. The van der Waals surface area contributed by atoms with E-state index in [1.54, 1.807) is 35.2 Å². The molecule has 14 heteroatoms. The average Bonchev–Trinajstić information content (AvgIpc) is 3.54. The fourth-order valence-electron chi connectivity index (χ4n) is 4.74. The van der Waals surface area contributed by atoms with Crippen LogP contribution < -0.4 is 0 Å². The van der Waals surface area contributed by atoms with Gasteiger partial charge in [-0.15, -0.1) is 5.10 Å².